The number of nitrogens with one attached hydrogen (secondary N) is 2. The fraction of sp³-hybridized carbons (Fsp3) is 0.316. The highest BCUT2D eigenvalue weighted by Gasteiger charge is 2.17. The molecule has 2 N–H and O–H groups in total. The van der Waals surface area contributed by atoms with Crippen molar-refractivity contribution in [1.29, 1.82) is 0 Å². The van der Waals surface area contributed by atoms with E-state index in [4.69, 9.17) is 18.6 Å². The number of nitrogens with zero attached hydrogens (tertiary/aromatic N) is 2. The van der Waals surface area contributed by atoms with Crippen LogP contribution < -0.4 is 19.5 Å². The standard InChI is InChI=1S/C19H20N4O5/c1-11(5-13-6-12(2)22-23-13)20-19(24)15-8-26-18(21-15)9-25-14-3-4-16-17(7-14)28-10-27-16/h3-4,6-8,11H,5,9-10H2,1-2H3,(H,20,24)(H,22,23)/t11-/m1/s1. The van der Waals surface area contributed by atoms with E-state index in [1.807, 2.05) is 19.9 Å². The zero-order valence-electron chi connectivity index (χ0n) is 15.5. The van der Waals surface area contributed by atoms with E-state index in [0.29, 0.717) is 29.6 Å². The number of rotatable bonds is 7. The molecule has 1 aliphatic heterocycles. The van der Waals surface area contributed by atoms with E-state index in [9.17, 15) is 4.79 Å². The van der Waals surface area contributed by atoms with Crippen LogP contribution in [0.15, 0.2) is 34.9 Å². The number of aromatic nitrogens is 3. The first-order valence-electron chi connectivity index (χ1n) is 8.85. The van der Waals surface area contributed by atoms with E-state index >= 15 is 0 Å². The number of hydrogen-bond donors (Lipinski definition) is 2. The molecule has 9 nitrogen and oxygen atoms in total. The van der Waals surface area contributed by atoms with Crippen molar-refractivity contribution in [2.75, 3.05) is 6.79 Å². The summed E-state index contributed by atoms with van der Waals surface area (Å²) in [6, 6.07) is 7.12. The molecule has 0 saturated heterocycles. The van der Waals surface area contributed by atoms with Crippen molar-refractivity contribution in [3.05, 3.63) is 53.5 Å². The minimum absolute atomic E-state index is 0.0923. The molecule has 4 rings (SSSR count). The highest BCUT2D eigenvalue weighted by Crippen LogP contribution is 2.35. The van der Waals surface area contributed by atoms with Gasteiger partial charge < -0.3 is 23.9 Å². The summed E-state index contributed by atoms with van der Waals surface area (Å²) < 4.78 is 21.5. The number of aryl methyl sites for hydroxylation is 1. The third kappa shape index (κ3) is 4.08. The van der Waals surface area contributed by atoms with Crippen LogP contribution >= 0.6 is 0 Å². The number of aromatic amines is 1. The molecule has 3 aromatic rings. The number of fused-ring (bicyclic) bond motifs is 1. The van der Waals surface area contributed by atoms with Crippen molar-refractivity contribution in [1.82, 2.24) is 20.5 Å². The number of ether oxygens (including phenoxy) is 3. The maximum Gasteiger partial charge on any atom is 0.273 e. The van der Waals surface area contributed by atoms with Gasteiger partial charge in [-0.25, -0.2) is 4.98 Å². The molecule has 2 aromatic heterocycles. The molecular weight excluding hydrogens is 364 g/mol. The Morgan fingerprint density at radius 3 is 3.00 bits per heavy atom. The number of benzene rings is 1. The number of carbonyl (C=O) groups is 1. The molecule has 0 unspecified atom stereocenters. The lowest BCUT2D eigenvalue weighted by Crippen LogP contribution is -2.34. The highest BCUT2D eigenvalue weighted by atomic mass is 16.7. The first-order valence-corrected chi connectivity index (χ1v) is 8.85. The largest absolute Gasteiger partial charge is 0.484 e. The van der Waals surface area contributed by atoms with Gasteiger partial charge >= 0.3 is 0 Å². The molecule has 9 heteroatoms. The Balaban J connectivity index is 1.30. The zero-order valence-corrected chi connectivity index (χ0v) is 15.5. The van der Waals surface area contributed by atoms with E-state index in [0.717, 1.165) is 11.4 Å². The average Bonchev–Trinajstić information content (AvgIpc) is 3.40. The van der Waals surface area contributed by atoms with Gasteiger partial charge in [0, 0.05) is 24.2 Å². The van der Waals surface area contributed by atoms with E-state index in [1.54, 1.807) is 18.2 Å². The van der Waals surface area contributed by atoms with Crippen molar-refractivity contribution in [3.8, 4) is 17.2 Å². The molecule has 28 heavy (non-hydrogen) atoms. The van der Waals surface area contributed by atoms with Crippen molar-refractivity contribution >= 4 is 5.91 Å². The molecule has 0 saturated carbocycles. The van der Waals surface area contributed by atoms with Crippen molar-refractivity contribution in [2.45, 2.75) is 32.9 Å². The van der Waals surface area contributed by atoms with Gasteiger partial charge in [-0.05, 0) is 32.0 Å². The van der Waals surface area contributed by atoms with Crippen LogP contribution in [0.3, 0.4) is 0 Å². The van der Waals surface area contributed by atoms with Crippen LogP contribution in [0.5, 0.6) is 17.2 Å². The van der Waals surface area contributed by atoms with Gasteiger partial charge in [0.2, 0.25) is 12.7 Å². The van der Waals surface area contributed by atoms with Crippen molar-refractivity contribution in [2.24, 2.45) is 0 Å². The predicted molar refractivity (Wildman–Crippen MR) is 97.4 cm³/mol. The molecule has 1 aliphatic rings. The molecule has 0 radical (unpaired) electrons. The van der Waals surface area contributed by atoms with Gasteiger partial charge in [0.05, 0.1) is 5.69 Å². The Kier molecular flexibility index (Phi) is 4.88. The highest BCUT2D eigenvalue weighted by molar-refractivity contribution is 5.92. The topological polar surface area (TPSA) is 112 Å². The van der Waals surface area contributed by atoms with Crippen LogP contribution in [0.1, 0.15) is 34.7 Å². The van der Waals surface area contributed by atoms with E-state index in [-0.39, 0.29) is 31.0 Å². The van der Waals surface area contributed by atoms with E-state index < -0.39 is 0 Å². The molecule has 1 atom stereocenters. The lowest BCUT2D eigenvalue weighted by atomic mass is 10.1. The van der Waals surface area contributed by atoms with Gasteiger partial charge in [-0.2, -0.15) is 5.10 Å². The van der Waals surface area contributed by atoms with Gasteiger partial charge in [0.25, 0.3) is 5.91 Å². The summed E-state index contributed by atoms with van der Waals surface area (Å²) in [4.78, 5) is 16.5. The summed E-state index contributed by atoms with van der Waals surface area (Å²) >= 11 is 0. The molecule has 0 bridgehead atoms. The molecule has 0 fully saturated rings. The van der Waals surface area contributed by atoms with Crippen LogP contribution in [0, 0.1) is 6.92 Å². The minimum atomic E-state index is -0.308. The summed E-state index contributed by atoms with van der Waals surface area (Å²) in [6.45, 7) is 4.14. The van der Waals surface area contributed by atoms with Crippen molar-refractivity contribution < 1.29 is 23.4 Å². The Labute approximate surface area is 161 Å². The van der Waals surface area contributed by atoms with Gasteiger partial charge in [-0.15, -0.1) is 0 Å². The molecule has 1 aromatic carbocycles. The van der Waals surface area contributed by atoms with E-state index in [2.05, 4.69) is 20.5 Å². The second kappa shape index (κ2) is 7.63. The van der Waals surface area contributed by atoms with Crippen LogP contribution in [0.25, 0.3) is 0 Å². The second-order valence-corrected chi connectivity index (χ2v) is 6.55. The summed E-state index contributed by atoms with van der Waals surface area (Å²) in [5.41, 5.74) is 2.08. The van der Waals surface area contributed by atoms with Crippen LogP contribution in [-0.4, -0.2) is 33.9 Å². The van der Waals surface area contributed by atoms with Gasteiger partial charge in [-0.3, -0.25) is 9.89 Å². The first-order chi connectivity index (χ1) is 13.6. The lowest BCUT2D eigenvalue weighted by molar-refractivity contribution is 0.0935. The molecule has 3 heterocycles. The van der Waals surface area contributed by atoms with Crippen LogP contribution in [-0.2, 0) is 13.0 Å². The van der Waals surface area contributed by atoms with Gasteiger partial charge in [-0.1, -0.05) is 0 Å². The number of amides is 1. The molecule has 0 spiro atoms. The quantitative estimate of drug-likeness (QED) is 0.643. The summed E-state index contributed by atoms with van der Waals surface area (Å²) in [7, 11) is 0. The molecule has 1 amide bonds. The van der Waals surface area contributed by atoms with Crippen molar-refractivity contribution in [3.63, 3.8) is 0 Å². The van der Waals surface area contributed by atoms with Gasteiger partial charge in [0.15, 0.2) is 23.8 Å². The van der Waals surface area contributed by atoms with Gasteiger partial charge in [0.1, 0.15) is 12.0 Å². The Hall–Kier alpha value is -3.49. The third-order valence-electron chi connectivity index (χ3n) is 4.14. The Bertz CT molecular complexity index is 980. The third-order valence-corrected chi connectivity index (χ3v) is 4.14. The lowest BCUT2D eigenvalue weighted by Gasteiger charge is -2.10. The summed E-state index contributed by atoms with van der Waals surface area (Å²) in [5, 5.41) is 9.94. The SMILES string of the molecule is Cc1cc(C[C@@H](C)NC(=O)c2coc(COc3ccc4c(c3)OCO4)n2)n[nH]1. The second-order valence-electron chi connectivity index (χ2n) is 6.55. The van der Waals surface area contributed by atoms with E-state index in [1.165, 1.54) is 6.26 Å². The zero-order chi connectivity index (χ0) is 19.5. The fourth-order valence-electron chi connectivity index (χ4n) is 2.83. The number of hydrogen-bond acceptors (Lipinski definition) is 7. The molecule has 0 aliphatic carbocycles. The maximum atomic E-state index is 12.3. The Morgan fingerprint density at radius 2 is 2.18 bits per heavy atom. The monoisotopic (exact) mass is 384 g/mol. The fourth-order valence-corrected chi connectivity index (χ4v) is 2.83. The summed E-state index contributed by atoms with van der Waals surface area (Å²) in [5.74, 6) is 1.90. The smallest absolute Gasteiger partial charge is 0.273 e. The number of oxazole rings is 1. The molecular formula is C19H20N4O5. The minimum Gasteiger partial charge on any atom is -0.484 e. The Morgan fingerprint density at radius 1 is 1.32 bits per heavy atom. The average molecular weight is 384 g/mol. The molecule has 146 valence electrons. The number of carbonyl (C=O) groups excluding carboxylic acids is 1. The predicted octanol–water partition coefficient (Wildman–Crippen LogP) is 2.37. The first kappa shape index (κ1) is 17.9. The normalized spacial score (nSPS) is 13.4. The van der Waals surface area contributed by atoms with Crippen LogP contribution in [0.2, 0.25) is 0 Å². The maximum absolute atomic E-state index is 12.3. The summed E-state index contributed by atoms with van der Waals surface area (Å²) in [6.07, 6.45) is 1.94. The van der Waals surface area contributed by atoms with Crippen LogP contribution in [0.4, 0.5) is 0 Å². The number of H-pyrrole nitrogens is 1.